The standard InChI is InChI=1S/C11H18N4O2/c1-2-17-8-4-7-14-11(16)9-5-3-6-13-10(9)15-12/h3,5-6H,2,4,7-8,12H2,1H3,(H,13,15)(H,14,16). The number of hydrogen-bond donors (Lipinski definition) is 3. The Balaban J connectivity index is 2.41. The van der Waals surface area contributed by atoms with Crippen LogP contribution in [-0.2, 0) is 4.74 Å². The number of nitrogens with two attached hydrogens (primary N) is 1. The summed E-state index contributed by atoms with van der Waals surface area (Å²) >= 11 is 0. The molecule has 0 radical (unpaired) electrons. The van der Waals surface area contributed by atoms with E-state index in [1.807, 2.05) is 6.92 Å². The predicted molar refractivity (Wildman–Crippen MR) is 65.5 cm³/mol. The van der Waals surface area contributed by atoms with Gasteiger partial charge in [0.2, 0.25) is 0 Å². The van der Waals surface area contributed by atoms with Crippen molar-refractivity contribution in [3.05, 3.63) is 23.9 Å². The van der Waals surface area contributed by atoms with E-state index in [0.717, 1.165) is 6.42 Å². The number of ether oxygens (including phenoxy) is 1. The molecule has 0 saturated carbocycles. The quantitative estimate of drug-likeness (QED) is 0.366. The van der Waals surface area contributed by atoms with Crippen LogP contribution in [0.1, 0.15) is 23.7 Å². The summed E-state index contributed by atoms with van der Waals surface area (Å²) in [4.78, 5) is 15.7. The molecule has 0 aromatic carbocycles. The molecular weight excluding hydrogens is 220 g/mol. The zero-order valence-corrected chi connectivity index (χ0v) is 9.90. The number of rotatable bonds is 7. The molecule has 4 N–H and O–H groups in total. The molecule has 1 aromatic rings. The van der Waals surface area contributed by atoms with Crippen LogP contribution in [0.4, 0.5) is 5.82 Å². The number of aromatic nitrogens is 1. The Morgan fingerprint density at radius 2 is 2.41 bits per heavy atom. The van der Waals surface area contributed by atoms with Crippen LogP contribution in [-0.4, -0.2) is 30.6 Å². The molecule has 1 heterocycles. The van der Waals surface area contributed by atoms with Crippen molar-refractivity contribution in [2.75, 3.05) is 25.2 Å². The summed E-state index contributed by atoms with van der Waals surface area (Å²) < 4.78 is 5.17. The molecule has 0 aliphatic heterocycles. The topological polar surface area (TPSA) is 89.3 Å². The highest BCUT2D eigenvalue weighted by atomic mass is 16.5. The molecule has 6 nitrogen and oxygen atoms in total. The second-order valence-electron chi connectivity index (χ2n) is 3.35. The van der Waals surface area contributed by atoms with Crippen LogP contribution in [0.3, 0.4) is 0 Å². The number of anilines is 1. The van der Waals surface area contributed by atoms with Gasteiger partial charge in [-0.1, -0.05) is 0 Å². The fourth-order valence-electron chi connectivity index (χ4n) is 1.32. The maximum Gasteiger partial charge on any atom is 0.255 e. The molecule has 0 unspecified atom stereocenters. The zero-order chi connectivity index (χ0) is 12.5. The molecule has 0 saturated heterocycles. The van der Waals surface area contributed by atoms with Gasteiger partial charge in [-0.2, -0.15) is 0 Å². The van der Waals surface area contributed by atoms with Crippen LogP contribution in [0.2, 0.25) is 0 Å². The van der Waals surface area contributed by atoms with Crippen LogP contribution in [0.25, 0.3) is 0 Å². The SMILES string of the molecule is CCOCCCNC(=O)c1cccnc1NN. The minimum atomic E-state index is -0.192. The van der Waals surface area contributed by atoms with Crippen molar-refractivity contribution in [2.24, 2.45) is 5.84 Å². The van der Waals surface area contributed by atoms with Gasteiger partial charge in [-0.15, -0.1) is 0 Å². The minimum Gasteiger partial charge on any atom is -0.382 e. The maximum atomic E-state index is 11.8. The van der Waals surface area contributed by atoms with Gasteiger partial charge in [0.15, 0.2) is 5.82 Å². The van der Waals surface area contributed by atoms with Crippen molar-refractivity contribution >= 4 is 11.7 Å². The minimum absolute atomic E-state index is 0.192. The number of carbonyl (C=O) groups excluding carboxylic acids is 1. The highest BCUT2D eigenvalue weighted by Gasteiger charge is 2.10. The van der Waals surface area contributed by atoms with E-state index in [0.29, 0.717) is 31.1 Å². The predicted octanol–water partition coefficient (Wildman–Crippen LogP) is 0.524. The lowest BCUT2D eigenvalue weighted by Crippen LogP contribution is -2.27. The molecule has 0 aliphatic rings. The van der Waals surface area contributed by atoms with Gasteiger partial charge in [0.25, 0.3) is 5.91 Å². The van der Waals surface area contributed by atoms with E-state index >= 15 is 0 Å². The number of nitrogen functional groups attached to an aromatic ring is 1. The lowest BCUT2D eigenvalue weighted by molar-refractivity contribution is 0.0944. The molecule has 0 fully saturated rings. The van der Waals surface area contributed by atoms with E-state index in [2.05, 4.69) is 15.7 Å². The van der Waals surface area contributed by atoms with Gasteiger partial charge in [0.05, 0.1) is 5.56 Å². The number of nitrogens with zero attached hydrogens (tertiary/aromatic N) is 1. The van der Waals surface area contributed by atoms with Gasteiger partial charge in [-0.3, -0.25) is 4.79 Å². The molecule has 6 heteroatoms. The monoisotopic (exact) mass is 238 g/mol. The van der Waals surface area contributed by atoms with Crippen LogP contribution in [0, 0.1) is 0 Å². The zero-order valence-electron chi connectivity index (χ0n) is 9.90. The van der Waals surface area contributed by atoms with Crippen molar-refractivity contribution in [2.45, 2.75) is 13.3 Å². The fraction of sp³-hybridized carbons (Fsp3) is 0.455. The van der Waals surface area contributed by atoms with E-state index in [-0.39, 0.29) is 5.91 Å². The first kappa shape index (κ1) is 13.4. The van der Waals surface area contributed by atoms with Gasteiger partial charge in [0, 0.05) is 26.0 Å². The van der Waals surface area contributed by atoms with Crippen LogP contribution in [0.5, 0.6) is 0 Å². The second-order valence-corrected chi connectivity index (χ2v) is 3.35. The van der Waals surface area contributed by atoms with E-state index in [4.69, 9.17) is 10.6 Å². The fourth-order valence-corrected chi connectivity index (χ4v) is 1.32. The first-order valence-corrected chi connectivity index (χ1v) is 5.57. The van der Waals surface area contributed by atoms with Gasteiger partial charge in [0.1, 0.15) is 0 Å². The second kappa shape index (κ2) is 7.59. The molecule has 1 amide bonds. The summed E-state index contributed by atoms with van der Waals surface area (Å²) in [7, 11) is 0. The Hall–Kier alpha value is -1.66. The highest BCUT2D eigenvalue weighted by molar-refractivity contribution is 5.98. The lowest BCUT2D eigenvalue weighted by atomic mass is 10.2. The molecule has 1 aromatic heterocycles. The van der Waals surface area contributed by atoms with E-state index in [9.17, 15) is 4.79 Å². The number of hydrogen-bond acceptors (Lipinski definition) is 5. The average molecular weight is 238 g/mol. The molecule has 0 bridgehead atoms. The van der Waals surface area contributed by atoms with Crippen molar-refractivity contribution in [1.82, 2.24) is 10.3 Å². The molecule has 0 atom stereocenters. The number of carbonyl (C=O) groups is 1. The van der Waals surface area contributed by atoms with Crippen LogP contribution < -0.4 is 16.6 Å². The van der Waals surface area contributed by atoms with Gasteiger partial charge >= 0.3 is 0 Å². The van der Waals surface area contributed by atoms with Gasteiger partial charge in [-0.25, -0.2) is 10.8 Å². The summed E-state index contributed by atoms with van der Waals surface area (Å²) in [6, 6.07) is 3.36. The number of nitrogens with one attached hydrogen (secondary N) is 2. The average Bonchev–Trinajstić information content (AvgIpc) is 2.38. The highest BCUT2D eigenvalue weighted by Crippen LogP contribution is 2.09. The van der Waals surface area contributed by atoms with E-state index < -0.39 is 0 Å². The summed E-state index contributed by atoms with van der Waals surface area (Å²) in [5, 5.41) is 2.78. The molecule has 0 spiro atoms. The Labute approximate surface area is 101 Å². The van der Waals surface area contributed by atoms with Gasteiger partial charge < -0.3 is 15.5 Å². The van der Waals surface area contributed by atoms with E-state index in [1.165, 1.54) is 0 Å². The van der Waals surface area contributed by atoms with Crippen molar-refractivity contribution in [1.29, 1.82) is 0 Å². The van der Waals surface area contributed by atoms with Crippen LogP contribution in [0.15, 0.2) is 18.3 Å². The van der Waals surface area contributed by atoms with E-state index in [1.54, 1.807) is 18.3 Å². The molecular formula is C11H18N4O2. The van der Waals surface area contributed by atoms with Crippen molar-refractivity contribution in [3.8, 4) is 0 Å². The lowest BCUT2D eigenvalue weighted by Gasteiger charge is -2.08. The molecule has 17 heavy (non-hydrogen) atoms. The summed E-state index contributed by atoms with van der Waals surface area (Å²) in [5.41, 5.74) is 2.83. The van der Waals surface area contributed by atoms with Crippen molar-refractivity contribution < 1.29 is 9.53 Å². The van der Waals surface area contributed by atoms with Crippen LogP contribution >= 0.6 is 0 Å². The summed E-state index contributed by atoms with van der Waals surface area (Å²) in [5.74, 6) is 5.45. The number of pyridine rings is 1. The Morgan fingerprint density at radius 1 is 1.59 bits per heavy atom. The van der Waals surface area contributed by atoms with Crippen molar-refractivity contribution in [3.63, 3.8) is 0 Å². The molecule has 0 aliphatic carbocycles. The first-order chi connectivity index (χ1) is 8.29. The number of hydrazine groups is 1. The normalized spacial score (nSPS) is 10.0. The Bertz CT molecular complexity index is 357. The Kier molecular flexibility index (Phi) is 5.98. The Morgan fingerprint density at radius 3 is 3.12 bits per heavy atom. The third-order valence-electron chi connectivity index (χ3n) is 2.14. The molecule has 94 valence electrons. The third-order valence-corrected chi connectivity index (χ3v) is 2.14. The first-order valence-electron chi connectivity index (χ1n) is 5.57. The largest absolute Gasteiger partial charge is 0.382 e. The summed E-state index contributed by atoms with van der Waals surface area (Å²) in [6.07, 6.45) is 2.35. The molecule has 1 rings (SSSR count). The third kappa shape index (κ3) is 4.38. The maximum absolute atomic E-state index is 11.8. The van der Waals surface area contributed by atoms with Gasteiger partial charge in [-0.05, 0) is 25.5 Å². The smallest absolute Gasteiger partial charge is 0.255 e. The number of amides is 1. The summed E-state index contributed by atoms with van der Waals surface area (Å²) in [6.45, 7) is 3.84.